The van der Waals surface area contributed by atoms with Gasteiger partial charge in [-0.1, -0.05) is 28.9 Å². The molecule has 1 aromatic carbocycles. The number of aromatic nitrogens is 1. The van der Waals surface area contributed by atoms with Gasteiger partial charge in [-0.3, -0.25) is 4.79 Å². The lowest BCUT2D eigenvalue weighted by molar-refractivity contribution is -0.141. The van der Waals surface area contributed by atoms with Crippen LogP contribution in [0.2, 0.25) is 0 Å². The van der Waals surface area contributed by atoms with Crippen LogP contribution in [0.15, 0.2) is 28.7 Å². The highest BCUT2D eigenvalue weighted by molar-refractivity contribution is 9.10. The Morgan fingerprint density at radius 1 is 1.50 bits per heavy atom. The van der Waals surface area contributed by atoms with E-state index in [1.54, 1.807) is 6.92 Å². The molecule has 0 amide bonds. The minimum absolute atomic E-state index is 0.364. The van der Waals surface area contributed by atoms with E-state index < -0.39 is 5.97 Å². The molecule has 3 nitrogen and oxygen atoms in total. The maximum atomic E-state index is 10.8. The predicted octanol–water partition coefficient (Wildman–Crippen LogP) is 3.19. The van der Waals surface area contributed by atoms with Gasteiger partial charge in [0.05, 0.1) is 5.92 Å². The fraction of sp³-hybridized carbons (Fsp3) is 0.250. The molecule has 1 unspecified atom stereocenters. The van der Waals surface area contributed by atoms with Gasteiger partial charge in [0.1, 0.15) is 0 Å². The van der Waals surface area contributed by atoms with Crippen molar-refractivity contribution in [3.05, 3.63) is 34.4 Å². The van der Waals surface area contributed by atoms with Gasteiger partial charge in [0.25, 0.3) is 0 Å². The Morgan fingerprint density at radius 3 is 2.94 bits per heavy atom. The van der Waals surface area contributed by atoms with Crippen molar-refractivity contribution in [3.8, 4) is 0 Å². The van der Waals surface area contributed by atoms with Crippen molar-refractivity contribution < 1.29 is 9.90 Å². The highest BCUT2D eigenvalue weighted by atomic mass is 79.9. The van der Waals surface area contributed by atoms with Crippen molar-refractivity contribution in [2.45, 2.75) is 13.3 Å². The topological polar surface area (TPSA) is 53.1 Å². The second-order valence-corrected chi connectivity index (χ2v) is 4.89. The van der Waals surface area contributed by atoms with Crippen LogP contribution < -0.4 is 0 Å². The number of hydrogen-bond donors (Lipinski definition) is 2. The van der Waals surface area contributed by atoms with Crippen LogP contribution in [0.4, 0.5) is 0 Å². The Hall–Kier alpha value is -1.29. The molecule has 4 heteroatoms. The first-order chi connectivity index (χ1) is 7.56. The van der Waals surface area contributed by atoms with Gasteiger partial charge in [-0.15, -0.1) is 0 Å². The summed E-state index contributed by atoms with van der Waals surface area (Å²) >= 11 is 3.40. The number of carboxylic acids is 1. The lowest BCUT2D eigenvalue weighted by Crippen LogP contribution is -2.12. The van der Waals surface area contributed by atoms with Gasteiger partial charge in [-0.2, -0.15) is 0 Å². The number of rotatable bonds is 3. The molecule has 0 aliphatic carbocycles. The number of hydrogen-bond acceptors (Lipinski definition) is 1. The molecule has 2 N–H and O–H groups in total. The van der Waals surface area contributed by atoms with Crippen LogP contribution in [-0.4, -0.2) is 16.1 Å². The van der Waals surface area contributed by atoms with E-state index in [2.05, 4.69) is 20.9 Å². The molecular weight excluding hydrogens is 270 g/mol. The van der Waals surface area contributed by atoms with Crippen molar-refractivity contribution in [1.82, 2.24) is 4.98 Å². The first kappa shape index (κ1) is 11.2. The smallest absolute Gasteiger partial charge is 0.306 e. The molecule has 1 aromatic heterocycles. The zero-order valence-electron chi connectivity index (χ0n) is 8.83. The molecule has 0 saturated heterocycles. The third kappa shape index (κ3) is 2.27. The summed E-state index contributed by atoms with van der Waals surface area (Å²) in [5, 5.41) is 9.95. The molecule has 0 radical (unpaired) electrons. The molecule has 0 aliphatic heterocycles. The molecule has 0 bridgehead atoms. The van der Waals surface area contributed by atoms with Crippen molar-refractivity contribution in [1.29, 1.82) is 0 Å². The molecule has 0 saturated carbocycles. The van der Waals surface area contributed by atoms with E-state index in [0.717, 1.165) is 21.1 Å². The predicted molar refractivity (Wildman–Crippen MR) is 66.5 cm³/mol. The number of carboxylic acid groups (broad SMARTS) is 1. The maximum absolute atomic E-state index is 10.8. The molecule has 16 heavy (non-hydrogen) atoms. The van der Waals surface area contributed by atoms with Crippen LogP contribution in [0.5, 0.6) is 0 Å². The number of nitrogens with one attached hydrogen (secondary N) is 1. The summed E-state index contributed by atoms with van der Waals surface area (Å²) in [6.07, 6.45) is 0.529. The lowest BCUT2D eigenvalue weighted by atomic mass is 10.1. The van der Waals surface area contributed by atoms with Crippen LogP contribution in [0, 0.1) is 5.92 Å². The summed E-state index contributed by atoms with van der Waals surface area (Å²) in [5.41, 5.74) is 1.99. The van der Waals surface area contributed by atoms with Gasteiger partial charge in [0.15, 0.2) is 0 Å². The van der Waals surface area contributed by atoms with E-state index in [1.807, 2.05) is 24.3 Å². The second kappa shape index (κ2) is 4.29. The van der Waals surface area contributed by atoms with E-state index in [4.69, 9.17) is 5.11 Å². The number of fused-ring (bicyclic) bond motifs is 1. The van der Waals surface area contributed by atoms with Crippen molar-refractivity contribution >= 4 is 32.8 Å². The van der Waals surface area contributed by atoms with Gasteiger partial charge >= 0.3 is 5.97 Å². The molecule has 1 heterocycles. The van der Waals surface area contributed by atoms with Gasteiger partial charge in [0.2, 0.25) is 0 Å². The number of H-pyrrole nitrogens is 1. The van der Waals surface area contributed by atoms with Crippen LogP contribution in [0.25, 0.3) is 10.9 Å². The zero-order valence-corrected chi connectivity index (χ0v) is 10.4. The first-order valence-corrected chi connectivity index (χ1v) is 5.85. The quantitative estimate of drug-likeness (QED) is 0.908. The first-order valence-electron chi connectivity index (χ1n) is 5.06. The van der Waals surface area contributed by atoms with E-state index in [9.17, 15) is 4.79 Å². The Bertz CT molecular complexity index is 533. The number of aliphatic carboxylic acids is 1. The monoisotopic (exact) mass is 281 g/mol. The fourth-order valence-corrected chi connectivity index (χ4v) is 2.05. The van der Waals surface area contributed by atoms with Gasteiger partial charge < -0.3 is 10.1 Å². The fourth-order valence-electron chi connectivity index (χ4n) is 1.69. The van der Waals surface area contributed by atoms with Gasteiger partial charge in [-0.25, -0.2) is 0 Å². The molecule has 1 atom stereocenters. The van der Waals surface area contributed by atoms with E-state index >= 15 is 0 Å². The number of aromatic amines is 1. The summed E-state index contributed by atoms with van der Waals surface area (Å²) in [7, 11) is 0. The summed E-state index contributed by atoms with van der Waals surface area (Å²) in [5.74, 6) is -1.13. The molecule has 0 aliphatic rings. The SMILES string of the molecule is CC(Cc1cc2ccc(Br)cc2[nH]1)C(=O)O. The number of carbonyl (C=O) groups is 1. The molecular formula is C12H12BrNO2. The van der Waals surface area contributed by atoms with Crippen molar-refractivity contribution in [2.75, 3.05) is 0 Å². The van der Waals surface area contributed by atoms with Crippen LogP contribution >= 0.6 is 15.9 Å². The maximum Gasteiger partial charge on any atom is 0.306 e. The normalized spacial score (nSPS) is 12.9. The molecule has 0 fully saturated rings. The Morgan fingerprint density at radius 2 is 2.25 bits per heavy atom. The van der Waals surface area contributed by atoms with Gasteiger partial charge in [0, 0.05) is 22.1 Å². The zero-order chi connectivity index (χ0) is 11.7. The van der Waals surface area contributed by atoms with E-state index in [1.165, 1.54) is 0 Å². The summed E-state index contributed by atoms with van der Waals surface area (Å²) in [6, 6.07) is 7.97. The Kier molecular flexibility index (Phi) is 3.01. The minimum atomic E-state index is -0.764. The third-order valence-corrected chi connectivity index (χ3v) is 3.08. The Balaban J connectivity index is 2.29. The average molecular weight is 282 g/mol. The van der Waals surface area contributed by atoms with Crippen LogP contribution in [0.1, 0.15) is 12.6 Å². The van der Waals surface area contributed by atoms with Crippen LogP contribution in [-0.2, 0) is 11.2 Å². The minimum Gasteiger partial charge on any atom is -0.481 e. The number of benzene rings is 1. The Labute approximate surface area is 102 Å². The number of halogens is 1. The lowest BCUT2D eigenvalue weighted by Gasteiger charge is -2.02. The van der Waals surface area contributed by atoms with Crippen molar-refractivity contribution in [3.63, 3.8) is 0 Å². The summed E-state index contributed by atoms with van der Waals surface area (Å²) in [4.78, 5) is 14.0. The highest BCUT2D eigenvalue weighted by Crippen LogP contribution is 2.21. The van der Waals surface area contributed by atoms with E-state index in [-0.39, 0.29) is 5.92 Å². The van der Waals surface area contributed by atoms with Gasteiger partial charge in [-0.05, 0) is 23.6 Å². The third-order valence-electron chi connectivity index (χ3n) is 2.59. The second-order valence-electron chi connectivity index (χ2n) is 3.97. The molecule has 2 rings (SSSR count). The molecule has 0 spiro atoms. The van der Waals surface area contributed by atoms with Crippen LogP contribution in [0.3, 0.4) is 0 Å². The highest BCUT2D eigenvalue weighted by Gasteiger charge is 2.12. The summed E-state index contributed by atoms with van der Waals surface area (Å²) < 4.78 is 1.01. The van der Waals surface area contributed by atoms with E-state index in [0.29, 0.717) is 6.42 Å². The largest absolute Gasteiger partial charge is 0.481 e. The van der Waals surface area contributed by atoms with Crippen molar-refractivity contribution in [2.24, 2.45) is 5.92 Å². The summed E-state index contributed by atoms with van der Waals surface area (Å²) in [6.45, 7) is 1.71. The standard InChI is InChI=1S/C12H12BrNO2/c1-7(12(15)16)4-10-5-8-2-3-9(13)6-11(8)14-10/h2-3,5-7,14H,4H2,1H3,(H,15,16). The average Bonchev–Trinajstić information content (AvgIpc) is 2.58. The molecule has 84 valence electrons. The molecule has 2 aromatic rings.